The summed E-state index contributed by atoms with van der Waals surface area (Å²) in [5.74, 6) is 0.504. The zero-order valence-electron chi connectivity index (χ0n) is 21.4. The Labute approximate surface area is 218 Å². The number of carbonyl (C=O) groups excluding carboxylic acids is 1. The minimum atomic E-state index is -0.633. The van der Waals surface area contributed by atoms with Crippen molar-refractivity contribution in [3.05, 3.63) is 101 Å². The van der Waals surface area contributed by atoms with Crippen molar-refractivity contribution in [3.8, 4) is 22.5 Å². The van der Waals surface area contributed by atoms with Gasteiger partial charge in [-0.1, -0.05) is 84.0 Å². The molecular formula is C32H33NO4. The number of aliphatic hydroxyl groups is 1. The molecule has 0 saturated heterocycles. The maximum absolute atomic E-state index is 12.4. The highest BCUT2D eigenvalue weighted by atomic mass is 16.5. The van der Waals surface area contributed by atoms with Gasteiger partial charge in [0.25, 0.3) is 0 Å². The fourth-order valence-corrected chi connectivity index (χ4v) is 5.07. The first-order valence-corrected chi connectivity index (χ1v) is 13.1. The zero-order chi connectivity index (χ0) is 25.8. The minimum absolute atomic E-state index is 0.118. The quantitative estimate of drug-likeness (QED) is 0.241. The summed E-state index contributed by atoms with van der Waals surface area (Å²) in [6.45, 7) is 4.13. The van der Waals surface area contributed by atoms with Crippen LogP contribution >= 0.6 is 0 Å². The van der Waals surface area contributed by atoms with Crippen LogP contribution in [0.25, 0.3) is 22.5 Å². The molecule has 1 aromatic heterocycles. The Bertz CT molecular complexity index is 1340. The molecule has 1 heterocycles. The number of carbonyl (C=O) groups is 1. The van der Waals surface area contributed by atoms with E-state index >= 15 is 0 Å². The Morgan fingerprint density at radius 3 is 2.22 bits per heavy atom. The van der Waals surface area contributed by atoms with Crippen molar-refractivity contribution in [2.75, 3.05) is 6.61 Å². The van der Waals surface area contributed by atoms with E-state index in [0.29, 0.717) is 18.8 Å². The average Bonchev–Trinajstić information content (AvgIpc) is 3.66. The van der Waals surface area contributed by atoms with E-state index in [1.54, 1.807) is 0 Å². The van der Waals surface area contributed by atoms with Gasteiger partial charge in [-0.2, -0.15) is 0 Å². The summed E-state index contributed by atoms with van der Waals surface area (Å²) in [6.07, 6.45) is 3.50. The van der Waals surface area contributed by atoms with Crippen molar-refractivity contribution >= 4 is 5.97 Å². The Morgan fingerprint density at radius 1 is 0.973 bits per heavy atom. The number of benzene rings is 3. The van der Waals surface area contributed by atoms with E-state index in [1.165, 1.54) is 5.56 Å². The molecule has 190 valence electrons. The molecule has 1 fully saturated rings. The summed E-state index contributed by atoms with van der Waals surface area (Å²) in [5.41, 5.74) is 6.35. The zero-order valence-corrected chi connectivity index (χ0v) is 21.4. The number of aromatic nitrogens is 1. The number of aliphatic hydroxyl groups excluding tert-OH is 1. The lowest BCUT2D eigenvalue weighted by Gasteiger charge is -2.15. The standard InChI is InChI=1S/C32H33NO4/c1-3-36-31(35)32(20-21-32)27-18-16-25(17-19-27)24-12-14-26(15-13-24)30-29(22(2)33-37-30)28(34)11-7-10-23-8-5-4-6-9-23/h4-6,8-9,12-19,28,34H,3,7,10-11,20-21H2,1-2H3. The molecule has 4 aromatic rings. The molecule has 5 heteroatoms. The number of hydrogen-bond donors (Lipinski definition) is 1. The Hall–Kier alpha value is -3.70. The van der Waals surface area contributed by atoms with Crippen LogP contribution in [0.4, 0.5) is 0 Å². The lowest BCUT2D eigenvalue weighted by molar-refractivity contribution is -0.146. The predicted octanol–water partition coefficient (Wildman–Crippen LogP) is 6.97. The Morgan fingerprint density at radius 2 is 1.59 bits per heavy atom. The highest BCUT2D eigenvalue weighted by molar-refractivity contribution is 5.87. The normalized spacial score (nSPS) is 14.8. The van der Waals surface area contributed by atoms with E-state index in [1.807, 2.05) is 68.4 Å². The molecule has 1 saturated carbocycles. The Balaban J connectivity index is 1.28. The average molecular weight is 496 g/mol. The van der Waals surface area contributed by atoms with Crippen LogP contribution in [-0.2, 0) is 21.4 Å². The van der Waals surface area contributed by atoms with Crippen molar-refractivity contribution in [1.82, 2.24) is 5.16 Å². The minimum Gasteiger partial charge on any atom is -0.465 e. The third-order valence-electron chi connectivity index (χ3n) is 7.36. The van der Waals surface area contributed by atoms with Crippen molar-refractivity contribution < 1.29 is 19.2 Å². The van der Waals surface area contributed by atoms with E-state index < -0.39 is 11.5 Å². The van der Waals surface area contributed by atoms with Crippen LogP contribution in [0, 0.1) is 6.92 Å². The molecule has 0 spiro atoms. The molecule has 37 heavy (non-hydrogen) atoms. The fraction of sp³-hybridized carbons (Fsp3) is 0.312. The molecule has 0 amide bonds. The highest BCUT2D eigenvalue weighted by Crippen LogP contribution is 2.49. The molecule has 1 atom stereocenters. The summed E-state index contributed by atoms with van der Waals surface area (Å²) in [5, 5.41) is 15.1. The molecule has 5 rings (SSSR count). The third-order valence-corrected chi connectivity index (χ3v) is 7.36. The highest BCUT2D eigenvalue weighted by Gasteiger charge is 2.52. The summed E-state index contributed by atoms with van der Waals surface area (Å²) in [7, 11) is 0. The van der Waals surface area contributed by atoms with Crippen LogP contribution in [-0.4, -0.2) is 22.8 Å². The molecular weight excluding hydrogens is 462 g/mol. The van der Waals surface area contributed by atoms with E-state index in [9.17, 15) is 9.90 Å². The maximum atomic E-state index is 12.4. The van der Waals surface area contributed by atoms with E-state index in [2.05, 4.69) is 29.4 Å². The van der Waals surface area contributed by atoms with Gasteiger partial charge in [-0.3, -0.25) is 4.79 Å². The number of hydrogen-bond acceptors (Lipinski definition) is 5. The van der Waals surface area contributed by atoms with Gasteiger partial charge in [0.1, 0.15) is 0 Å². The molecule has 1 unspecified atom stereocenters. The van der Waals surface area contributed by atoms with E-state index in [4.69, 9.17) is 9.26 Å². The second-order valence-corrected chi connectivity index (χ2v) is 9.86. The molecule has 1 aliphatic carbocycles. The van der Waals surface area contributed by atoms with Gasteiger partial charge in [0, 0.05) is 5.56 Å². The first kappa shape index (κ1) is 25.0. The van der Waals surface area contributed by atoms with Gasteiger partial charge in [0.2, 0.25) is 0 Å². The molecule has 0 bridgehead atoms. The SMILES string of the molecule is CCOC(=O)C1(c2ccc(-c3ccc(-c4onc(C)c4C(O)CCCc4ccccc4)cc3)cc2)CC1. The van der Waals surface area contributed by atoms with Crippen LogP contribution in [0.1, 0.15) is 61.1 Å². The van der Waals surface area contributed by atoms with Crippen LogP contribution in [0.2, 0.25) is 0 Å². The maximum Gasteiger partial charge on any atom is 0.316 e. The first-order chi connectivity index (χ1) is 18.0. The van der Waals surface area contributed by atoms with Gasteiger partial charge < -0.3 is 14.4 Å². The molecule has 1 N–H and O–H groups in total. The fourth-order valence-electron chi connectivity index (χ4n) is 5.07. The largest absolute Gasteiger partial charge is 0.465 e. The second kappa shape index (κ2) is 10.7. The van der Waals surface area contributed by atoms with Gasteiger partial charge >= 0.3 is 5.97 Å². The lowest BCUT2D eigenvalue weighted by atomic mass is 9.93. The number of rotatable bonds is 10. The summed E-state index contributed by atoms with van der Waals surface area (Å²) in [6, 6.07) is 26.6. The predicted molar refractivity (Wildman–Crippen MR) is 144 cm³/mol. The molecule has 5 nitrogen and oxygen atoms in total. The van der Waals surface area contributed by atoms with Crippen LogP contribution < -0.4 is 0 Å². The van der Waals surface area contributed by atoms with Crippen molar-refractivity contribution in [1.29, 1.82) is 0 Å². The third kappa shape index (κ3) is 5.23. The number of aryl methyl sites for hydroxylation is 2. The monoisotopic (exact) mass is 495 g/mol. The van der Waals surface area contributed by atoms with Crippen LogP contribution in [0.15, 0.2) is 83.4 Å². The first-order valence-electron chi connectivity index (χ1n) is 13.1. The van der Waals surface area contributed by atoms with Gasteiger partial charge in [-0.25, -0.2) is 0 Å². The van der Waals surface area contributed by atoms with Crippen molar-refractivity contribution in [3.63, 3.8) is 0 Å². The molecule has 1 aliphatic rings. The summed E-state index contributed by atoms with van der Waals surface area (Å²) < 4.78 is 11.0. The summed E-state index contributed by atoms with van der Waals surface area (Å²) in [4.78, 5) is 12.4. The summed E-state index contributed by atoms with van der Waals surface area (Å²) >= 11 is 0. The smallest absolute Gasteiger partial charge is 0.316 e. The molecule has 0 aliphatic heterocycles. The number of nitrogens with zero attached hydrogens (tertiary/aromatic N) is 1. The molecule has 3 aromatic carbocycles. The van der Waals surface area contributed by atoms with E-state index in [0.717, 1.165) is 59.2 Å². The topological polar surface area (TPSA) is 72.6 Å². The van der Waals surface area contributed by atoms with Crippen LogP contribution in [0.5, 0.6) is 0 Å². The van der Waals surface area contributed by atoms with Gasteiger partial charge in [0.15, 0.2) is 5.76 Å². The van der Waals surface area contributed by atoms with Crippen LogP contribution in [0.3, 0.4) is 0 Å². The number of esters is 1. The van der Waals surface area contributed by atoms with Crippen molar-refractivity contribution in [2.24, 2.45) is 0 Å². The second-order valence-electron chi connectivity index (χ2n) is 9.86. The molecule has 0 radical (unpaired) electrons. The van der Waals surface area contributed by atoms with Gasteiger partial charge in [0.05, 0.1) is 29.4 Å². The van der Waals surface area contributed by atoms with Gasteiger partial charge in [-0.05, 0) is 68.2 Å². The Kier molecular flexibility index (Phi) is 7.24. The van der Waals surface area contributed by atoms with E-state index in [-0.39, 0.29) is 5.97 Å². The number of ether oxygens (including phenoxy) is 1. The lowest BCUT2D eigenvalue weighted by Crippen LogP contribution is -2.23. The van der Waals surface area contributed by atoms with Gasteiger partial charge in [-0.15, -0.1) is 0 Å². The van der Waals surface area contributed by atoms with Crippen molar-refractivity contribution in [2.45, 2.75) is 57.5 Å².